The van der Waals surface area contributed by atoms with Gasteiger partial charge in [0, 0.05) is 25.6 Å². The molecule has 0 radical (unpaired) electrons. The van der Waals surface area contributed by atoms with E-state index >= 15 is 0 Å². The average Bonchev–Trinajstić information content (AvgIpc) is 3.08. The zero-order valence-electron chi connectivity index (χ0n) is 21.6. The van der Waals surface area contributed by atoms with E-state index in [4.69, 9.17) is 15.8 Å². The molecule has 0 saturated heterocycles. The van der Waals surface area contributed by atoms with Crippen molar-refractivity contribution in [3.63, 3.8) is 0 Å². The molecule has 36 heavy (non-hydrogen) atoms. The van der Waals surface area contributed by atoms with E-state index in [-0.39, 0.29) is 28.8 Å². The van der Waals surface area contributed by atoms with Crippen molar-refractivity contribution in [1.29, 1.82) is 0 Å². The van der Waals surface area contributed by atoms with Gasteiger partial charge in [-0.1, -0.05) is 48.7 Å². The van der Waals surface area contributed by atoms with E-state index in [1.807, 2.05) is 46.8 Å². The second-order valence-electron chi connectivity index (χ2n) is 8.68. The van der Waals surface area contributed by atoms with Crippen LogP contribution in [0.1, 0.15) is 55.4 Å². The molecule has 8 heteroatoms. The Morgan fingerprint density at radius 1 is 1.17 bits per heavy atom. The number of ketones is 1. The van der Waals surface area contributed by atoms with Gasteiger partial charge in [-0.25, -0.2) is 4.39 Å². The van der Waals surface area contributed by atoms with Crippen LogP contribution in [0.15, 0.2) is 63.2 Å². The lowest BCUT2D eigenvalue weighted by atomic mass is 9.90. The molecule has 1 atom stereocenters. The van der Waals surface area contributed by atoms with Crippen molar-refractivity contribution < 1.29 is 21.8 Å². The van der Waals surface area contributed by atoms with Gasteiger partial charge in [0.1, 0.15) is 16.5 Å². The monoisotopic (exact) mass is 533 g/mol. The van der Waals surface area contributed by atoms with Crippen LogP contribution in [0.25, 0.3) is 5.57 Å². The number of hydrogen-bond acceptors (Lipinski definition) is 5. The van der Waals surface area contributed by atoms with Crippen molar-refractivity contribution in [3.8, 4) is 0 Å². The molecule has 0 N–H and O–H groups in total. The molecule has 0 aromatic heterocycles. The summed E-state index contributed by atoms with van der Waals surface area (Å²) in [4.78, 5) is 16.7. The summed E-state index contributed by atoms with van der Waals surface area (Å²) in [5.74, 6) is -0.735. The van der Waals surface area contributed by atoms with Gasteiger partial charge in [-0.15, -0.1) is 0 Å². The third-order valence-corrected chi connectivity index (χ3v) is 7.32. The second-order valence-corrected chi connectivity index (χ2v) is 10.7. The molecule has 0 aliphatic heterocycles. The molecule has 0 heterocycles. The van der Waals surface area contributed by atoms with Crippen LogP contribution in [0.2, 0.25) is 0 Å². The van der Waals surface area contributed by atoms with E-state index in [0.717, 1.165) is 52.9 Å². The van der Waals surface area contributed by atoms with E-state index in [1.54, 1.807) is 19.3 Å². The highest BCUT2D eigenvalue weighted by atomic mass is 35.5. The van der Waals surface area contributed by atoms with Crippen LogP contribution >= 0.6 is 11.6 Å². The molecule has 1 unspecified atom stereocenters. The Balaban J connectivity index is 0.000000572. The maximum absolute atomic E-state index is 13.2. The first-order chi connectivity index (χ1) is 16.9. The number of nitrogens with zero attached hydrogens (tertiary/aromatic N) is 1. The minimum atomic E-state index is -4.17. The Labute approximate surface area is 218 Å². The zero-order chi connectivity index (χ0) is 27.0. The average molecular weight is 534 g/mol. The van der Waals surface area contributed by atoms with Crippen LogP contribution in [0, 0.1) is 32.5 Å². The fourth-order valence-corrected chi connectivity index (χ4v) is 5.31. The van der Waals surface area contributed by atoms with Crippen molar-refractivity contribution in [2.45, 2.75) is 58.8 Å². The number of carbonyl (C=O) groups is 1. The fraction of sp³-hybridized carbons (Fsp3) is 0.357. The molecule has 1 aliphatic rings. The first-order valence-corrected chi connectivity index (χ1v) is 13.5. The molecule has 3 rings (SSSR count). The summed E-state index contributed by atoms with van der Waals surface area (Å²) in [5.41, 5.74) is 3.97. The van der Waals surface area contributed by atoms with Gasteiger partial charge < -0.3 is 4.18 Å². The van der Waals surface area contributed by atoms with Gasteiger partial charge in [-0.2, -0.15) is 8.42 Å². The number of Topliss-reactive ketones (excluding diaryl/α,β-unsaturated/α-hetero) is 1. The number of halogens is 2. The third-order valence-electron chi connectivity index (χ3n) is 5.73. The van der Waals surface area contributed by atoms with Crippen molar-refractivity contribution >= 4 is 39.3 Å². The van der Waals surface area contributed by atoms with Crippen molar-refractivity contribution in [1.82, 2.24) is 0 Å². The topological polar surface area (TPSA) is 72.8 Å². The predicted molar refractivity (Wildman–Crippen MR) is 144 cm³/mol. The summed E-state index contributed by atoms with van der Waals surface area (Å²) in [6.07, 6.45) is 5.11. The minimum Gasteiger partial charge on any atom is -0.383 e. The van der Waals surface area contributed by atoms with Gasteiger partial charge in [0.05, 0.1) is 10.6 Å². The first kappa shape index (κ1) is 29.5. The molecule has 194 valence electrons. The molecule has 0 amide bonds. The van der Waals surface area contributed by atoms with Crippen LogP contribution < -0.4 is 0 Å². The summed E-state index contributed by atoms with van der Waals surface area (Å²) in [6, 6.07) is 8.41. The number of rotatable bonds is 7. The number of aryl methyl sites for hydroxylation is 3. The van der Waals surface area contributed by atoms with Crippen molar-refractivity contribution in [2.75, 3.05) is 7.05 Å². The summed E-state index contributed by atoms with van der Waals surface area (Å²) < 4.78 is 44.2. The molecule has 0 bridgehead atoms. The molecular weight excluding hydrogens is 501 g/mol. The highest BCUT2D eigenvalue weighted by Gasteiger charge is 2.38. The lowest BCUT2D eigenvalue weighted by Gasteiger charge is -2.14. The SMILES string of the molecule is C/C=C(/Cl)C=NC.CCCC1CC(OS(=O)(=O)c2ccc(F)cc2)=C(c2c(C)cc(C)cc2C)C1=O. The molecule has 0 saturated carbocycles. The normalized spacial score (nSPS) is 16.4. The van der Waals surface area contributed by atoms with E-state index in [9.17, 15) is 17.6 Å². The Morgan fingerprint density at radius 3 is 2.22 bits per heavy atom. The summed E-state index contributed by atoms with van der Waals surface area (Å²) in [6.45, 7) is 9.65. The number of allylic oxidation sites excluding steroid dienone is 4. The molecule has 1 aliphatic carbocycles. The quantitative estimate of drug-likeness (QED) is 0.281. The largest absolute Gasteiger partial charge is 0.383 e. The molecule has 2 aromatic carbocycles. The van der Waals surface area contributed by atoms with Gasteiger partial charge in [-0.3, -0.25) is 9.79 Å². The third kappa shape index (κ3) is 7.37. The van der Waals surface area contributed by atoms with Crippen LogP contribution in [0.4, 0.5) is 4.39 Å². The Bertz CT molecular complexity index is 1270. The molecule has 0 spiro atoms. The highest BCUT2D eigenvalue weighted by Crippen LogP contribution is 2.41. The smallest absolute Gasteiger partial charge is 0.338 e. The molecular formula is C28H33ClFNO4S. The standard InChI is InChI=1S/C23H25FO4S.C5H8ClN/c1-5-6-17-13-20(28-29(26,27)19-9-7-18(24)8-10-19)22(23(17)25)21-15(3)11-14(2)12-16(21)4;1-3-5(6)4-7-2/h7-12,17H,5-6,13H2,1-4H3;3-4H,1-2H3/b;5-3+,7-4?. The van der Waals surface area contributed by atoms with E-state index in [2.05, 4.69) is 4.99 Å². The van der Waals surface area contributed by atoms with Crippen LogP contribution in [0.3, 0.4) is 0 Å². The van der Waals surface area contributed by atoms with Gasteiger partial charge >= 0.3 is 10.1 Å². The van der Waals surface area contributed by atoms with E-state index < -0.39 is 15.9 Å². The lowest BCUT2D eigenvalue weighted by molar-refractivity contribution is -0.116. The lowest BCUT2D eigenvalue weighted by Crippen LogP contribution is -2.11. The Morgan fingerprint density at radius 2 is 1.75 bits per heavy atom. The number of hydrogen-bond donors (Lipinski definition) is 0. The second kappa shape index (κ2) is 13.0. The Kier molecular flexibility index (Phi) is 10.6. The minimum absolute atomic E-state index is 0.0776. The molecule has 0 fully saturated rings. The van der Waals surface area contributed by atoms with Gasteiger partial charge in [0.15, 0.2) is 5.78 Å². The van der Waals surface area contributed by atoms with Crippen LogP contribution in [-0.4, -0.2) is 27.5 Å². The van der Waals surface area contributed by atoms with E-state index in [0.29, 0.717) is 17.0 Å². The molecule has 5 nitrogen and oxygen atoms in total. The fourth-order valence-electron chi connectivity index (χ4n) is 4.23. The van der Waals surface area contributed by atoms with Gasteiger partial charge in [-0.05, 0) is 75.1 Å². The Hall–Kier alpha value is -2.77. The van der Waals surface area contributed by atoms with Crippen LogP contribution in [-0.2, 0) is 19.1 Å². The van der Waals surface area contributed by atoms with Crippen molar-refractivity contribution in [3.05, 3.63) is 81.3 Å². The number of benzene rings is 2. The van der Waals surface area contributed by atoms with Gasteiger partial charge in [0.25, 0.3) is 0 Å². The number of carbonyl (C=O) groups excluding carboxylic acids is 1. The summed E-state index contributed by atoms with van der Waals surface area (Å²) in [7, 11) is -2.49. The predicted octanol–water partition coefficient (Wildman–Crippen LogP) is 7.09. The van der Waals surface area contributed by atoms with Crippen LogP contribution in [0.5, 0.6) is 0 Å². The van der Waals surface area contributed by atoms with Crippen molar-refractivity contribution in [2.24, 2.45) is 10.9 Å². The maximum atomic E-state index is 13.2. The maximum Gasteiger partial charge on any atom is 0.338 e. The molecule has 2 aromatic rings. The van der Waals surface area contributed by atoms with Gasteiger partial charge in [0.2, 0.25) is 0 Å². The zero-order valence-corrected chi connectivity index (χ0v) is 23.1. The summed E-state index contributed by atoms with van der Waals surface area (Å²) in [5, 5.41) is 0.683. The number of aliphatic imine (C=N–C) groups is 1. The van der Waals surface area contributed by atoms with E-state index in [1.165, 1.54) is 0 Å². The highest BCUT2D eigenvalue weighted by molar-refractivity contribution is 7.86. The first-order valence-electron chi connectivity index (χ1n) is 11.7. The summed E-state index contributed by atoms with van der Waals surface area (Å²) >= 11 is 5.48.